The van der Waals surface area contributed by atoms with E-state index in [0.29, 0.717) is 6.66 Å². The fourth-order valence-corrected chi connectivity index (χ4v) is 1.25. The third-order valence-electron chi connectivity index (χ3n) is 2.13. The first-order valence-electron chi connectivity index (χ1n) is 5.23. The van der Waals surface area contributed by atoms with E-state index in [2.05, 4.69) is 9.26 Å². The first-order valence-corrected chi connectivity index (χ1v) is 7.04. The summed E-state index contributed by atoms with van der Waals surface area (Å²) in [7, 11) is -3.15. The fourth-order valence-electron chi connectivity index (χ4n) is 0.861. The Morgan fingerprint density at radius 2 is 1.22 bits per heavy atom. The molecule has 0 N–H and O–H groups in total. The second-order valence-corrected chi connectivity index (χ2v) is 5.34. The summed E-state index contributed by atoms with van der Waals surface area (Å²) in [5, 5.41) is 0. The van der Waals surface area contributed by atoms with Crippen LogP contribution in [0.25, 0.3) is 0 Å². The molecule has 0 heterocycles. The van der Waals surface area contributed by atoms with Gasteiger partial charge in [-0.05, 0) is 0 Å². The van der Waals surface area contributed by atoms with E-state index in [0.717, 1.165) is 0 Å². The van der Waals surface area contributed by atoms with Gasteiger partial charge in [0.2, 0.25) is 0 Å². The van der Waals surface area contributed by atoms with Crippen LogP contribution in [0, 0.1) is 0 Å². The lowest BCUT2D eigenvalue weighted by Gasteiger charge is -2.31. The van der Waals surface area contributed by atoms with Gasteiger partial charge in [0.25, 0.3) is 0 Å². The van der Waals surface area contributed by atoms with Crippen molar-refractivity contribution in [2.75, 3.05) is 19.9 Å². The van der Waals surface area contributed by atoms with Crippen molar-refractivity contribution in [3.63, 3.8) is 0 Å². The van der Waals surface area contributed by atoms with E-state index in [4.69, 9.17) is 0 Å². The zero-order chi connectivity index (χ0) is 18.9. The summed E-state index contributed by atoms with van der Waals surface area (Å²) in [6.07, 6.45) is -12.7. The highest BCUT2D eigenvalue weighted by atomic mass is 31.1. The summed E-state index contributed by atoms with van der Waals surface area (Å²) < 4.78 is 153. The normalized spacial score (nSPS) is 16.5. The predicted molar refractivity (Wildman–Crippen MR) is 52.7 cm³/mol. The van der Waals surface area contributed by atoms with E-state index in [-0.39, 0.29) is 0 Å². The van der Waals surface area contributed by atoms with Crippen LogP contribution >= 0.6 is 8.03 Å². The molecule has 140 valence electrons. The Kier molecular flexibility index (Phi) is 6.53. The van der Waals surface area contributed by atoms with Crippen molar-refractivity contribution < 1.29 is 62.1 Å². The summed E-state index contributed by atoms with van der Waals surface area (Å²) in [5.41, 5.74) is 0. The number of hydrogen-bond acceptors (Lipinski definition) is 3. The number of halogens is 11. The minimum atomic E-state index is -6.83. The minimum Gasteiger partial charge on any atom is -0.324 e. The van der Waals surface area contributed by atoms with Crippen molar-refractivity contribution in [3.05, 3.63) is 0 Å². The Morgan fingerprint density at radius 3 is 1.57 bits per heavy atom. The van der Waals surface area contributed by atoms with Gasteiger partial charge < -0.3 is 9.26 Å². The zero-order valence-corrected chi connectivity index (χ0v) is 11.8. The maximum absolute atomic E-state index is 12.9. The van der Waals surface area contributed by atoms with E-state index in [9.17, 15) is 52.9 Å². The first kappa shape index (κ1) is 22.4. The Balaban J connectivity index is 5.09. The molecule has 1 unspecified atom stereocenters. The van der Waals surface area contributed by atoms with E-state index in [1.54, 1.807) is 0 Å². The van der Waals surface area contributed by atoms with Gasteiger partial charge in [0.1, 0.15) is 13.2 Å². The van der Waals surface area contributed by atoms with Crippen LogP contribution in [0.5, 0.6) is 0 Å². The van der Waals surface area contributed by atoms with Crippen molar-refractivity contribution in [3.8, 4) is 0 Å². The molecule has 0 rings (SSSR count). The average Bonchev–Trinajstić information content (AvgIpc) is 2.32. The van der Waals surface area contributed by atoms with E-state index >= 15 is 0 Å². The number of ether oxygens (including phenoxy) is 1. The molecule has 0 bridgehead atoms. The Hall–Kier alpha value is -0.620. The van der Waals surface area contributed by atoms with Gasteiger partial charge >= 0.3 is 30.1 Å². The van der Waals surface area contributed by atoms with Gasteiger partial charge in [-0.3, -0.25) is 4.57 Å². The summed E-state index contributed by atoms with van der Waals surface area (Å²) in [6.45, 7) is -4.95. The topological polar surface area (TPSA) is 35.5 Å². The molecule has 0 aromatic carbocycles. The van der Waals surface area contributed by atoms with Crippen LogP contribution in [0.4, 0.5) is 48.3 Å². The molecule has 1 atom stereocenters. The lowest BCUT2D eigenvalue weighted by Crippen LogP contribution is -2.56. The molecule has 0 spiro atoms. The molecular formula is C8H8F11O3P. The maximum atomic E-state index is 12.9. The number of alkyl halides is 11. The van der Waals surface area contributed by atoms with Crippen molar-refractivity contribution in [1.82, 2.24) is 0 Å². The van der Waals surface area contributed by atoms with Gasteiger partial charge in [-0.15, -0.1) is 0 Å². The lowest BCUT2D eigenvalue weighted by molar-refractivity contribution is -0.399. The van der Waals surface area contributed by atoms with Crippen LogP contribution in [-0.2, 0) is 13.8 Å². The summed E-state index contributed by atoms with van der Waals surface area (Å²) in [6, 6.07) is 0. The summed E-state index contributed by atoms with van der Waals surface area (Å²) >= 11 is 0. The first-order chi connectivity index (χ1) is 9.87. The van der Waals surface area contributed by atoms with Crippen LogP contribution in [-0.4, -0.2) is 49.9 Å². The van der Waals surface area contributed by atoms with Gasteiger partial charge in [-0.1, -0.05) is 0 Å². The van der Waals surface area contributed by atoms with Gasteiger partial charge in [0.15, 0.2) is 8.03 Å². The standard InChI is InChI=1S/C8H8F11O3P/c1-23(20)22-3-5(11,12)8(18,19)21-2-4(9,10)6(13,14)7(15,16)17/h23H,2-3H2,1H3. The average molecular weight is 392 g/mol. The Labute approximate surface area is 121 Å². The zero-order valence-electron chi connectivity index (χ0n) is 10.8. The molecule has 0 fully saturated rings. The Bertz CT molecular complexity index is 433. The van der Waals surface area contributed by atoms with Crippen LogP contribution in [0.15, 0.2) is 0 Å². The van der Waals surface area contributed by atoms with Crippen molar-refractivity contribution in [2.24, 2.45) is 0 Å². The third-order valence-corrected chi connectivity index (χ3v) is 2.68. The van der Waals surface area contributed by atoms with E-state index in [1.165, 1.54) is 0 Å². The molecule has 0 aliphatic rings. The highest BCUT2D eigenvalue weighted by molar-refractivity contribution is 7.38. The molecule has 0 saturated heterocycles. The predicted octanol–water partition coefficient (Wildman–Crippen LogP) is 4.19. The number of hydrogen-bond donors (Lipinski definition) is 0. The molecule has 23 heavy (non-hydrogen) atoms. The molecular weight excluding hydrogens is 384 g/mol. The minimum absolute atomic E-state index is 0.706. The quantitative estimate of drug-likeness (QED) is 0.459. The third kappa shape index (κ3) is 5.18. The molecule has 0 aliphatic carbocycles. The van der Waals surface area contributed by atoms with Gasteiger partial charge in [-0.25, -0.2) is 0 Å². The second kappa shape index (κ2) is 6.71. The molecule has 0 aromatic heterocycles. The van der Waals surface area contributed by atoms with Crippen LogP contribution in [0.1, 0.15) is 0 Å². The number of rotatable bonds is 8. The van der Waals surface area contributed by atoms with E-state index in [1.807, 2.05) is 0 Å². The second-order valence-electron chi connectivity index (χ2n) is 4.07. The highest BCUT2D eigenvalue weighted by Crippen LogP contribution is 2.48. The van der Waals surface area contributed by atoms with Crippen LogP contribution in [0.2, 0.25) is 0 Å². The molecule has 3 nitrogen and oxygen atoms in total. The fraction of sp³-hybridized carbons (Fsp3) is 1.00. The molecule has 0 aliphatic heterocycles. The molecule has 0 saturated carbocycles. The molecule has 0 aromatic rings. The largest absolute Gasteiger partial charge is 0.459 e. The molecule has 0 amide bonds. The van der Waals surface area contributed by atoms with Crippen molar-refractivity contribution in [2.45, 2.75) is 30.1 Å². The summed E-state index contributed by atoms with van der Waals surface area (Å²) in [5.74, 6) is -18.5. The van der Waals surface area contributed by atoms with Crippen LogP contribution < -0.4 is 0 Å². The van der Waals surface area contributed by atoms with Gasteiger partial charge in [0, 0.05) is 6.66 Å². The lowest BCUT2D eigenvalue weighted by atomic mass is 10.2. The van der Waals surface area contributed by atoms with Gasteiger partial charge in [0.05, 0.1) is 0 Å². The monoisotopic (exact) mass is 392 g/mol. The van der Waals surface area contributed by atoms with Crippen molar-refractivity contribution >= 4 is 8.03 Å². The van der Waals surface area contributed by atoms with Gasteiger partial charge in [-0.2, -0.15) is 48.3 Å². The van der Waals surface area contributed by atoms with Crippen LogP contribution in [0.3, 0.4) is 0 Å². The Morgan fingerprint density at radius 1 is 0.783 bits per heavy atom. The summed E-state index contributed by atoms with van der Waals surface area (Å²) in [4.78, 5) is 0. The molecule has 0 radical (unpaired) electrons. The molecule has 15 heteroatoms. The smallest absolute Gasteiger partial charge is 0.324 e. The van der Waals surface area contributed by atoms with E-state index < -0.39 is 51.3 Å². The highest BCUT2D eigenvalue weighted by Gasteiger charge is 2.74. The SMILES string of the molecule is C[PH](=O)OCC(F)(F)C(F)(F)OCC(F)(F)C(F)(F)C(F)(F)F. The maximum Gasteiger partial charge on any atom is 0.459 e. The van der Waals surface area contributed by atoms with Crippen molar-refractivity contribution in [1.29, 1.82) is 0 Å².